The first-order valence-corrected chi connectivity index (χ1v) is 2.18. The molecule has 0 aromatic carbocycles. The van der Waals surface area contributed by atoms with Gasteiger partial charge in [-0.15, -0.1) is 0 Å². The average molecular weight is 164 g/mol. The van der Waals surface area contributed by atoms with Gasteiger partial charge >= 0.3 is 11.9 Å². The monoisotopic (exact) mass is 164 g/mol. The van der Waals surface area contributed by atoms with E-state index < -0.39 is 11.9 Å². The van der Waals surface area contributed by atoms with Crippen molar-refractivity contribution in [1.82, 2.24) is 5.43 Å². The molecule has 0 aliphatic heterocycles. The van der Waals surface area contributed by atoms with Crippen LogP contribution in [-0.4, -0.2) is 28.1 Å². The van der Waals surface area contributed by atoms with Crippen molar-refractivity contribution >= 4 is 17.9 Å². The molecule has 0 radical (unpaired) electrons. The van der Waals surface area contributed by atoms with Crippen molar-refractivity contribution in [2.24, 2.45) is 11.6 Å². The Morgan fingerprint density at radius 3 is 1.45 bits per heavy atom. The van der Waals surface area contributed by atoms with Crippen molar-refractivity contribution in [3.63, 3.8) is 0 Å². The largest absolute Gasteiger partial charge is 0.473 e. The molecular formula is C3H8N4O4. The lowest BCUT2D eigenvalue weighted by atomic mass is 10.7. The van der Waals surface area contributed by atoms with E-state index in [4.69, 9.17) is 25.2 Å². The van der Waals surface area contributed by atoms with Crippen LogP contribution < -0.4 is 17.0 Å². The average Bonchev–Trinajstić information content (AvgIpc) is 1.89. The maximum Gasteiger partial charge on any atom is 0.414 e. The molecule has 0 saturated carbocycles. The van der Waals surface area contributed by atoms with Crippen LogP contribution in [0.1, 0.15) is 0 Å². The molecule has 0 bridgehead atoms. The number of hydrazine groups is 1. The van der Waals surface area contributed by atoms with E-state index in [2.05, 4.69) is 11.6 Å². The summed E-state index contributed by atoms with van der Waals surface area (Å²) in [7, 11) is 0. The Morgan fingerprint density at radius 2 is 1.45 bits per heavy atom. The van der Waals surface area contributed by atoms with Crippen LogP contribution in [0.15, 0.2) is 0 Å². The highest BCUT2D eigenvalue weighted by atomic mass is 16.4. The summed E-state index contributed by atoms with van der Waals surface area (Å²) in [6, 6.07) is 0. The van der Waals surface area contributed by atoms with Gasteiger partial charge in [0, 0.05) is 0 Å². The van der Waals surface area contributed by atoms with Crippen LogP contribution in [0.5, 0.6) is 0 Å². The number of hydrogen-bond acceptors (Lipinski definition) is 4. The summed E-state index contributed by atoms with van der Waals surface area (Å²) in [6.45, 7) is 0. The molecule has 0 saturated heterocycles. The molecule has 0 aromatic heterocycles. The third-order valence-electron chi connectivity index (χ3n) is 0.338. The van der Waals surface area contributed by atoms with Crippen molar-refractivity contribution in [1.29, 1.82) is 5.41 Å². The zero-order chi connectivity index (χ0) is 9.44. The Hall–Kier alpha value is -1.83. The molecule has 0 heterocycles. The lowest BCUT2D eigenvalue weighted by Gasteiger charge is -1.85. The van der Waals surface area contributed by atoms with E-state index in [-0.39, 0.29) is 5.96 Å². The van der Waals surface area contributed by atoms with E-state index >= 15 is 0 Å². The quantitative estimate of drug-likeness (QED) is 0.0757. The van der Waals surface area contributed by atoms with Crippen LogP contribution in [0.2, 0.25) is 0 Å². The summed E-state index contributed by atoms with van der Waals surface area (Å²) < 4.78 is 0. The summed E-state index contributed by atoms with van der Waals surface area (Å²) >= 11 is 0. The standard InChI is InChI=1S/C2H2O4.CH6N4/c3-1(4)2(5)6;2-1(3)5-4/h(H,3,4)(H,5,6);4H2,(H4,2,3,5). The fourth-order valence-electron chi connectivity index (χ4n) is 0. The number of carbonyl (C=O) groups is 2. The fraction of sp³-hybridized carbons (Fsp3) is 0. The van der Waals surface area contributed by atoms with Gasteiger partial charge in [-0.2, -0.15) is 0 Å². The van der Waals surface area contributed by atoms with Gasteiger partial charge in [-0.05, 0) is 0 Å². The van der Waals surface area contributed by atoms with E-state index in [0.29, 0.717) is 0 Å². The number of rotatable bonds is 0. The van der Waals surface area contributed by atoms with Gasteiger partial charge < -0.3 is 15.9 Å². The summed E-state index contributed by atoms with van der Waals surface area (Å²) in [6.07, 6.45) is 0. The van der Waals surface area contributed by atoms with E-state index in [1.807, 2.05) is 5.43 Å². The third kappa shape index (κ3) is 17.9. The Morgan fingerprint density at radius 1 is 1.27 bits per heavy atom. The molecule has 8 heteroatoms. The number of guanidine groups is 1. The smallest absolute Gasteiger partial charge is 0.414 e. The molecule has 0 aromatic rings. The molecule has 0 aliphatic carbocycles. The Balaban J connectivity index is 0. The van der Waals surface area contributed by atoms with Crippen molar-refractivity contribution in [2.45, 2.75) is 0 Å². The van der Waals surface area contributed by atoms with Crippen LogP contribution in [-0.2, 0) is 9.59 Å². The second-order valence-electron chi connectivity index (χ2n) is 1.17. The Bertz CT molecular complexity index is 155. The summed E-state index contributed by atoms with van der Waals surface area (Å²) in [4.78, 5) is 18.2. The molecule has 0 aliphatic rings. The minimum absolute atomic E-state index is 0.218. The van der Waals surface area contributed by atoms with Gasteiger partial charge in [-0.25, -0.2) is 15.4 Å². The molecule has 0 amide bonds. The maximum absolute atomic E-state index is 9.10. The highest BCUT2D eigenvalue weighted by Gasteiger charge is 2.04. The van der Waals surface area contributed by atoms with Crippen LogP contribution in [0.25, 0.3) is 0 Å². The molecule has 64 valence electrons. The van der Waals surface area contributed by atoms with Gasteiger partial charge in [-0.1, -0.05) is 0 Å². The minimum Gasteiger partial charge on any atom is -0.473 e. The number of nitrogens with two attached hydrogens (primary N) is 2. The number of aliphatic carboxylic acids is 2. The summed E-state index contributed by atoms with van der Waals surface area (Å²) in [5.74, 6) is 0.706. The topological polar surface area (TPSA) is 163 Å². The SMILES string of the molecule is N=C(N)NN.O=C(O)C(=O)O. The van der Waals surface area contributed by atoms with Gasteiger partial charge in [0.2, 0.25) is 0 Å². The van der Waals surface area contributed by atoms with Gasteiger partial charge in [0.05, 0.1) is 0 Å². The van der Waals surface area contributed by atoms with Gasteiger partial charge in [0.1, 0.15) is 0 Å². The third-order valence-corrected chi connectivity index (χ3v) is 0.338. The van der Waals surface area contributed by atoms with Crippen molar-refractivity contribution in [2.75, 3.05) is 0 Å². The predicted molar refractivity (Wildman–Crippen MR) is 34.5 cm³/mol. The molecule has 8 N–H and O–H groups in total. The number of nitrogens with one attached hydrogen (secondary N) is 2. The number of carboxylic acids is 2. The lowest BCUT2D eigenvalue weighted by Crippen LogP contribution is -2.35. The molecule has 0 atom stereocenters. The lowest BCUT2D eigenvalue weighted by molar-refractivity contribution is -0.159. The van der Waals surface area contributed by atoms with Gasteiger partial charge in [-0.3, -0.25) is 10.8 Å². The van der Waals surface area contributed by atoms with Crippen molar-refractivity contribution in [3.8, 4) is 0 Å². The second kappa shape index (κ2) is 6.29. The molecule has 0 unspecified atom stereocenters. The molecular weight excluding hydrogens is 156 g/mol. The zero-order valence-corrected chi connectivity index (χ0v) is 5.37. The summed E-state index contributed by atoms with van der Waals surface area (Å²) in [5, 5.41) is 21.1. The first-order chi connectivity index (χ1) is 4.91. The normalized spacial score (nSPS) is 7.00. The molecule has 0 rings (SSSR count). The van der Waals surface area contributed by atoms with E-state index in [1.54, 1.807) is 0 Å². The fourth-order valence-corrected chi connectivity index (χ4v) is 0. The number of carboxylic acid groups (broad SMARTS) is 2. The maximum atomic E-state index is 9.10. The van der Waals surface area contributed by atoms with Crippen molar-refractivity contribution < 1.29 is 19.8 Å². The van der Waals surface area contributed by atoms with E-state index in [1.165, 1.54) is 0 Å². The molecule has 11 heavy (non-hydrogen) atoms. The Kier molecular flexibility index (Phi) is 6.81. The Labute approximate surface area is 61.3 Å². The molecule has 0 fully saturated rings. The van der Waals surface area contributed by atoms with Crippen LogP contribution in [0.3, 0.4) is 0 Å². The molecule has 8 nitrogen and oxygen atoms in total. The zero-order valence-electron chi connectivity index (χ0n) is 5.37. The highest BCUT2D eigenvalue weighted by molar-refractivity contribution is 6.27. The predicted octanol–water partition coefficient (Wildman–Crippen LogP) is -2.50. The van der Waals surface area contributed by atoms with E-state index in [0.717, 1.165) is 0 Å². The van der Waals surface area contributed by atoms with Gasteiger partial charge in [0.15, 0.2) is 5.96 Å². The van der Waals surface area contributed by atoms with E-state index in [9.17, 15) is 0 Å². The second-order valence-corrected chi connectivity index (χ2v) is 1.17. The molecule has 0 spiro atoms. The first-order valence-electron chi connectivity index (χ1n) is 2.18. The van der Waals surface area contributed by atoms with Crippen LogP contribution in [0.4, 0.5) is 0 Å². The van der Waals surface area contributed by atoms with Crippen molar-refractivity contribution in [3.05, 3.63) is 0 Å². The summed E-state index contributed by atoms with van der Waals surface area (Å²) in [5.41, 5.74) is 6.53. The van der Waals surface area contributed by atoms with Crippen LogP contribution >= 0.6 is 0 Å². The highest BCUT2D eigenvalue weighted by Crippen LogP contribution is 1.56. The minimum atomic E-state index is -1.82. The van der Waals surface area contributed by atoms with Gasteiger partial charge in [0.25, 0.3) is 0 Å². The van der Waals surface area contributed by atoms with Crippen LogP contribution in [0, 0.1) is 5.41 Å². The first kappa shape index (κ1) is 11.9. The number of hydrogen-bond donors (Lipinski definition) is 6.